The van der Waals surface area contributed by atoms with Crippen molar-refractivity contribution in [3.05, 3.63) is 30.3 Å². The average Bonchev–Trinajstić information content (AvgIpc) is 2.34. The van der Waals surface area contributed by atoms with E-state index in [9.17, 15) is 5.11 Å². The molecule has 17 heavy (non-hydrogen) atoms. The minimum atomic E-state index is 0.119. The fraction of sp³-hybridized carbons (Fsp3) is 0.0909. The molecule has 0 spiro atoms. The highest BCUT2D eigenvalue weighted by molar-refractivity contribution is 5.72. The van der Waals surface area contributed by atoms with Crippen LogP contribution in [0.4, 0.5) is 17.2 Å². The second kappa shape index (κ2) is 4.56. The third kappa shape index (κ3) is 2.54. The molecule has 6 nitrogen and oxygen atoms in total. The average molecular weight is 232 g/mol. The molecule has 0 bridgehead atoms. The van der Waals surface area contributed by atoms with Crippen LogP contribution in [0.15, 0.2) is 30.3 Å². The van der Waals surface area contributed by atoms with E-state index in [-0.39, 0.29) is 5.75 Å². The van der Waals surface area contributed by atoms with Crippen LogP contribution in [0.1, 0.15) is 0 Å². The lowest BCUT2D eigenvalue weighted by atomic mass is 10.2. The van der Waals surface area contributed by atoms with E-state index in [1.807, 2.05) is 0 Å². The number of benzene rings is 1. The fourth-order valence-corrected chi connectivity index (χ4v) is 1.30. The molecule has 0 aliphatic carbocycles. The Bertz CT molecular complexity index is 513. The van der Waals surface area contributed by atoms with Crippen molar-refractivity contribution in [1.29, 1.82) is 0 Å². The molecule has 4 N–H and O–H groups in total. The van der Waals surface area contributed by atoms with Crippen molar-refractivity contribution in [3.8, 4) is 11.6 Å². The largest absolute Gasteiger partial charge is 0.508 e. The van der Waals surface area contributed by atoms with Crippen LogP contribution in [-0.4, -0.2) is 22.4 Å². The summed E-state index contributed by atoms with van der Waals surface area (Å²) >= 11 is 0. The minimum Gasteiger partial charge on any atom is -0.508 e. The Labute approximate surface area is 98.1 Å². The van der Waals surface area contributed by atoms with E-state index in [1.165, 1.54) is 19.2 Å². The Morgan fingerprint density at radius 1 is 1.24 bits per heavy atom. The first-order valence-corrected chi connectivity index (χ1v) is 4.92. The summed E-state index contributed by atoms with van der Waals surface area (Å²) in [4.78, 5) is 0. The Morgan fingerprint density at radius 3 is 2.65 bits per heavy atom. The van der Waals surface area contributed by atoms with Gasteiger partial charge in [0, 0.05) is 12.1 Å². The van der Waals surface area contributed by atoms with Crippen molar-refractivity contribution in [1.82, 2.24) is 10.2 Å². The van der Waals surface area contributed by atoms with E-state index in [2.05, 4.69) is 15.5 Å². The second-order valence-electron chi connectivity index (χ2n) is 3.36. The third-order valence-electron chi connectivity index (χ3n) is 2.15. The van der Waals surface area contributed by atoms with Crippen LogP contribution in [0, 0.1) is 0 Å². The highest BCUT2D eigenvalue weighted by Gasteiger charge is 2.02. The van der Waals surface area contributed by atoms with Crippen molar-refractivity contribution in [3.63, 3.8) is 0 Å². The molecule has 0 saturated carbocycles. The number of phenolic OH excluding ortho intramolecular Hbond substituents is 1. The molecular formula is C11H12N4O2. The van der Waals surface area contributed by atoms with Crippen molar-refractivity contribution >= 4 is 17.2 Å². The quantitative estimate of drug-likeness (QED) is 0.548. The number of anilines is 3. The summed E-state index contributed by atoms with van der Waals surface area (Å²) < 4.78 is 4.90. The van der Waals surface area contributed by atoms with Gasteiger partial charge in [-0.05, 0) is 18.2 Å². The molecule has 0 aliphatic heterocycles. The fourth-order valence-electron chi connectivity index (χ4n) is 1.30. The minimum absolute atomic E-state index is 0.119. The zero-order valence-electron chi connectivity index (χ0n) is 9.21. The summed E-state index contributed by atoms with van der Waals surface area (Å²) in [6.45, 7) is 0. The van der Waals surface area contributed by atoms with Gasteiger partial charge in [-0.1, -0.05) is 0 Å². The van der Waals surface area contributed by atoms with Gasteiger partial charge in [0.05, 0.1) is 18.5 Å². The topological polar surface area (TPSA) is 93.3 Å². The zero-order chi connectivity index (χ0) is 12.3. The number of nitrogens with zero attached hydrogens (tertiary/aromatic N) is 2. The summed E-state index contributed by atoms with van der Waals surface area (Å²) in [5.74, 6) is 1.10. The summed E-state index contributed by atoms with van der Waals surface area (Å²) in [5.41, 5.74) is 6.82. The van der Waals surface area contributed by atoms with Gasteiger partial charge in [0.2, 0.25) is 5.88 Å². The SMILES string of the molecule is COc1ccc(Nc2ccc(O)cc2N)nn1. The maximum Gasteiger partial charge on any atom is 0.233 e. The van der Waals surface area contributed by atoms with Gasteiger partial charge in [0.15, 0.2) is 5.82 Å². The summed E-state index contributed by atoms with van der Waals surface area (Å²) in [5, 5.41) is 19.9. The maximum atomic E-state index is 9.22. The standard InChI is InChI=1S/C11H12N4O2/c1-17-11-5-4-10(14-15-11)13-9-3-2-7(16)6-8(9)12/h2-6,16H,12H2,1H3,(H,13,14). The van der Waals surface area contributed by atoms with E-state index in [1.54, 1.807) is 18.2 Å². The van der Waals surface area contributed by atoms with Crippen molar-refractivity contribution < 1.29 is 9.84 Å². The first-order valence-electron chi connectivity index (χ1n) is 4.92. The monoisotopic (exact) mass is 232 g/mol. The summed E-state index contributed by atoms with van der Waals surface area (Å²) in [6.07, 6.45) is 0. The molecule has 88 valence electrons. The van der Waals surface area contributed by atoms with Crippen LogP contribution in [-0.2, 0) is 0 Å². The molecule has 0 atom stereocenters. The van der Waals surface area contributed by atoms with Crippen molar-refractivity contribution in [2.45, 2.75) is 0 Å². The highest BCUT2D eigenvalue weighted by atomic mass is 16.5. The number of aromatic nitrogens is 2. The van der Waals surface area contributed by atoms with Gasteiger partial charge in [-0.3, -0.25) is 0 Å². The molecule has 1 heterocycles. The van der Waals surface area contributed by atoms with Crippen LogP contribution in [0.25, 0.3) is 0 Å². The van der Waals surface area contributed by atoms with Gasteiger partial charge < -0.3 is 20.9 Å². The number of hydrogen-bond acceptors (Lipinski definition) is 6. The van der Waals surface area contributed by atoms with Gasteiger partial charge in [0.25, 0.3) is 0 Å². The highest BCUT2D eigenvalue weighted by Crippen LogP contribution is 2.25. The molecule has 1 aromatic carbocycles. The Kier molecular flexibility index (Phi) is 2.95. The summed E-state index contributed by atoms with van der Waals surface area (Å²) in [6, 6.07) is 8.07. The smallest absolute Gasteiger partial charge is 0.233 e. The van der Waals surface area contributed by atoms with Gasteiger partial charge in [-0.15, -0.1) is 10.2 Å². The molecule has 0 radical (unpaired) electrons. The van der Waals surface area contributed by atoms with Crippen LogP contribution >= 0.6 is 0 Å². The predicted octanol–water partition coefficient (Wildman–Crippen LogP) is 1.52. The van der Waals surface area contributed by atoms with Gasteiger partial charge >= 0.3 is 0 Å². The predicted molar refractivity (Wildman–Crippen MR) is 64.4 cm³/mol. The number of rotatable bonds is 3. The molecule has 0 aliphatic rings. The van der Waals surface area contributed by atoms with E-state index >= 15 is 0 Å². The van der Waals surface area contributed by atoms with E-state index in [0.29, 0.717) is 23.1 Å². The summed E-state index contributed by atoms with van der Waals surface area (Å²) in [7, 11) is 1.52. The number of ether oxygens (including phenoxy) is 1. The molecule has 2 rings (SSSR count). The molecule has 6 heteroatoms. The van der Waals surface area contributed by atoms with Crippen molar-refractivity contribution in [2.24, 2.45) is 0 Å². The Balaban J connectivity index is 2.19. The third-order valence-corrected chi connectivity index (χ3v) is 2.15. The lowest BCUT2D eigenvalue weighted by Crippen LogP contribution is -1.99. The number of nitrogen functional groups attached to an aromatic ring is 1. The zero-order valence-corrected chi connectivity index (χ0v) is 9.21. The van der Waals surface area contributed by atoms with Crippen molar-refractivity contribution in [2.75, 3.05) is 18.2 Å². The van der Waals surface area contributed by atoms with Crippen LogP contribution in [0.5, 0.6) is 11.6 Å². The van der Waals surface area contributed by atoms with Crippen LogP contribution in [0.3, 0.4) is 0 Å². The maximum absolute atomic E-state index is 9.22. The molecular weight excluding hydrogens is 220 g/mol. The lowest BCUT2D eigenvalue weighted by molar-refractivity contribution is 0.392. The molecule has 0 fully saturated rings. The Morgan fingerprint density at radius 2 is 2.06 bits per heavy atom. The van der Waals surface area contributed by atoms with E-state index in [4.69, 9.17) is 10.5 Å². The normalized spacial score (nSPS) is 9.94. The van der Waals surface area contributed by atoms with Crippen LogP contribution in [0.2, 0.25) is 0 Å². The number of phenols is 1. The number of hydrogen-bond donors (Lipinski definition) is 3. The number of aromatic hydroxyl groups is 1. The number of methoxy groups -OCH3 is 1. The molecule has 1 aromatic heterocycles. The van der Waals surface area contributed by atoms with Crippen LogP contribution < -0.4 is 15.8 Å². The second-order valence-corrected chi connectivity index (χ2v) is 3.36. The first-order chi connectivity index (χ1) is 8.19. The first kappa shape index (κ1) is 11.0. The molecule has 0 amide bonds. The molecule has 0 unspecified atom stereocenters. The molecule has 2 aromatic rings. The van der Waals surface area contributed by atoms with E-state index in [0.717, 1.165) is 0 Å². The van der Waals surface area contributed by atoms with Gasteiger partial charge in [-0.2, -0.15) is 0 Å². The van der Waals surface area contributed by atoms with E-state index < -0.39 is 0 Å². The lowest BCUT2D eigenvalue weighted by Gasteiger charge is -2.08. The number of nitrogens with two attached hydrogens (primary N) is 1. The van der Waals surface area contributed by atoms with Gasteiger partial charge in [0.1, 0.15) is 5.75 Å². The Hall–Kier alpha value is -2.50. The number of nitrogens with one attached hydrogen (secondary N) is 1. The molecule has 0 saturated heterocycles. The van der Waals surface area contributed by atoms with Gasteiger partial charge in [-0.25, -0.2) is 0 Å².